The lowest BCUT2D eigenvalue weighted by Crippen LogP contribution is -2.32. The van der Waals surface area contributed by atoms with E-state index >= 15 is 0 Å². The Morgan fingerprint density at radius 3 is 2.89 bits per heavy atom. The monoisotopic (exact) mass is 249 g/mol. The molecule has 1 heterocycles. The molecule has 98 valence electrons. The van der Waals surface area contributed by atoms with Gasteiger partial charge in [0.25, 0.3) is 0 Å². The highest BCUT2D eigenvalue weighted by Crippen LogP contribution is 2.13. The first-order valence-corrected chi connectivity index (χ1v) is 6.25. The van der Waals surface area contributed by atoms with Gasteiger partial charge in [-0.3, -0.25) is 0 Å². The predicted octanol–water partition coefficient (Wildman–Crippen LogP) is 2.29. The molecule has 0 N–H and O–H groups in total. The Morgan fingerprint density at radius 1 is 1.44 bits per heavy atom. The molecule has 0 saturated carbocycles. The lowest BCUT2D eigenvalue weighted by atomic mass is 10.1. The molecular weight excluding hydrogens is 230 g/mol. The number of hydrogen-bond donors (Lipinski definition) is 0. The minimum Gasteiger partial charge on any atom is -0.445 e. The summed E-state index contributed by atoms with van der Waals surface area (Å²) in [6.45, 7) is 2.58. The molecule has 4 heteroatoms. The first-order chi connectivity index (χ1) is 8.75. The lowest BCUT2D eigenvalue weighted by Gasteiger charge is -2.19. The van der Waals surface area contributed by atoms with Crippen LogP contribution in [-0.4, -0.2) is 37.8 Å². The van der Waals surface area contributed by atoms with Crippen LogP contribution in [0.2, 0.25) is 0 Å². The maximum Gasteiger partial charge on any atom is 0.409 e. The highest BCUT2D eigenvalue weighted by molar-refractivity contribution is 5.67. The summed E-state index contributed by atoms with van der Waals surface area (Å²) in [7, 11) is 1.77. The number of rotatable bonds is 4. The van der Waals surface area contributed by atoms with E-state index in [1.807, 2.05) is 30.3 Å². The maximum absolute atomic E-state index is 11.8. The molecule has 0 spiro atoms. The number of nitrogens with zero attached hydrogens (tertiary/aromatic N) is 1. The number of hydrogen-bond acceptors (Lipinski definition) is 3. The average Bonchev–Trinajstić information content (AvgIpc) is 2.90. The van der Waals surface area contributed by atoms with E-state index in [1.165, 1.54) is 0 Å². The van der Waals surface area contributed by atoms with Crippen molar-refractivity contribution in [3.8, 4) is 0 Å². The average molecular weight is 249 g/mol. The third-order valence-electron chi connectivity index (χ3n) is 3.07. The van der Waals surface area contributed by atoms with Crippen molar-refractivity contribution >= 4 is 6.09 Å². The van der Waals surface area contributed by atoms with Crippen molar-refractivity contribution in [3.05, 3.63) is 35.9 Å². The smallest absolute Gasteiger partial charge is 0.409 e. The van der Waals surface area contributed by atoms with Gasteiger partial charge in [-0.25, -0.2) is 4.79 Å². The Bertz CT molecular complexity index is 374. The fourth-order valence-corrected chi connectivity index (χ4v) is 2.02. The van der Waals surface area contributed by atoms with E-state index in [-0.39, 0.29) is 6.09 Å². The highest BCUT2D eigenvalue weighted by Gasteiger charge is 2.20. The van der Waals surface area contributed by atoms with Crippen molar-refractivity contribution in [2.75, 3.05) is 26.8 Å². The topological polar surface area (TPSA) is 38.8 Å². The van der Waals surface area contributed by atoms with E-state index in [9.17, 15) is 4.79 Å². The van der Waals surface area contributed by atoms with E-state index < -0.39 is 0 Å². The predicted molar refractivity (Wildman–Crippen MR) is 68.2 cm³/mol. The summed E-state index contributed by atoms with van der Waals surface area (Å²) in [5.41, 5.74) is 1.00. The molecule has 0 bridgehead atoms. The zero-order valence-electron chi connectivity index (χ0n) is 10.7. The van der Waals surface area contributed by atoms with Crippen molar-refractivity contribution in [1.29, 1.82) is 0 Å². The second-order valence-electron chi connectivity index (χ2n) is 4.65. The first kappa shape index (κ1) is 12.9. The van der Waals surface area contributed by atoms with Crippen molar-refractivity contribution in [2.24, 2.45) is 5.92 Å². The number of amides is 1. The molecule has 18 heavy (non-hydrogen) atoms. The van der Waals surface area contributed by atoms with E-state index in [0.29, 0.717) is 19.1 Å². The van der Waals surface area contributed by atoms with Crippen molar-refractivity contribution < 1.29 is 14.3 Å². The molecule has 1 amide bonds. The zero-order valence-corrected chi connectivity index (χ0v) is 10.7. The van der Waals surface area contributed by atoms with Crippen LogP contribution in [-0.2, 0) is 16.1 Å². The molecule has 1 aromatic carbocycles. The van der Waals surface area contributed by atoms with Crippen LogP contribution in [0.5, 0.6) is 0 Å². The molecule has 1 atom stereocenters. The minimum atomic E-state index is -0.272. The summed E-state index contributed by atoms with van der Waals surface area (Å²) >= 11 is 0. The Morgan fingerprint density at radius 2 is 2.22 bits per heavy atom. The van der Waals surface area contributed by atoms with Crippen LogP contribution in [0.3, 0.4) is 0 Å². The lowest BCUT2D eigenvalue weighted by molar-refractivity contribution is 0.0975. The van der Waals surface area contributed by atoms with E-state index in [0.717, 1.165) is 25.2 Å². The number of ether oxygens (including phenoxy) is 2. The number of carbonyl (C=O) groups is 1. The summed E-state index contributed by atoms with van der Waals surface area (Å²) in [5.74, 6) is 0.444. The van der Waals surface area contributed by atoms with Gasteiger partial charge < -0.3 is 14.4 Å². The van der Waals surface area contributed by atoms with Gasteiger partial charge in [0.15, 0.2) is 0 Å². The fourth-order valence-electron chi connectivity index (χ4n) is 2.02. The van der Waals surface area contributed by atoms with Crippen molar-refractivity contribution in [1.82, 2.24) is 4.90 Å². The number of benzene rings is 1. The van der Waals surface area contributed by atoms with Crippen LogP contribution in [0.25, 0.3) is 0 Å². The Balaban J connectivity index is 1.73. The largest absolute Gasteiger partial charge is 0.445 e. The van der Waals surface area contributed by atoms with Gasteiger partial charge in [0, 0.05) is 26.1 Å². The van der Waals surface area contributed by atoms with Crippen LogP contribution >= 0.6 is 0 Å². The van der Waals surface area contributed by atoms with Crippen molar-refractivity contribution in [2.45, 2.75) is 13.0 Å². The molecular formula is C14H19NO3. The summed E-state index contributed by atoms with van der Waals surface area (Å²) < 4.78 is 10.5. The second-order valence-corrected chi connectivity index (χ2v) is 4.65. The van der Waals surface area contributed by atoms with Crippen LogP contribution in [0.4, 0.5) is 4.79 Å². The van der Waals surface area contributed by atoms with Gasteiger partial charge in [-0.1, -0.05) is 30.3 Å². The van der Waals surface area contributed by atoms with Crippen LogP contribution in [0, 0.1) is 5.92 Å². The standard InChI is InChI=1S/C14H19NO3/c1-15(9-13-7-8-17-10-13)14(16)18-11-12-5-3-2-4-6-12/h2-6,13H,7-11H2,1H3. The third kappa shape index (κ3) is 3.74. The van der Waals surface area contributed by atoms with Gasteiger partial charge in [0.05, 0.1) is 6.61 Å². The van der Waals surface area contributed by atoms with Gasteiger partial charge in [-0.2, -0.15) is 0 Å². The fraction of sp³-hybridized carbons (Fsp3) is 0.500. The van der Waals surface area contributed by atoms with Crippen LogP contribution in [0.1, 0.15) is 12.0 Å². The molecule has 1 fully saturated rings. The Kier molecular flexibility index (Phi) is 4.59. The molecule has 4 nitrogen and oxygen atoms in total. The van der Waals surface area contributed by atoms with Gasteiger partial charge in [0.2, 0.25) is 0 Å². The van der Waals surface area contributed by atoms with Gasteiger partial charge in [0.1, 0.15) is 6.61 Å². The molecule has 1 saturated heterocycles. The Labute approximate surface area is 107 Å². The highest BCUT2D eigenvalue weighted by atomic mass is 16.6. The second kappa shape index (κ2) is 6.40. The molecule has 0 radical (unpaired) electrons. The van der Waals surface area contributed by atoms with Gasteiger partial charge in [-0.05, 0) is 12.0 Å². The summed E-state index contributed by atoms with van der Waals surface area (Å²) in [6.07, 6.45) is 0.752. The normalized spacial score (nSPS) is 18.6. The van der Waals surface area contributed by atoms with Crippen LogP contribution < -0.4 is 0 Å². The summed E-state index contributed by atoms with van der Waals surface area (Å²) in [6, 6.07) is 9.69. The third-order valence-corrected chi connectivity index (χ3v) is 3.07. The van der Waals surface area contributed by atoms with Gasteiger partial charge in [-0.15, -0.1) is 0 Å². The van der Waals surface area contributed by atoms with E-state index in [4.69, 9.17) is 9.47 Å². The SMILES string of the molecule is CN(CC1CCOC1)C(=O)OCc1ccccc1. The van der Waals surface area contributed by atoms with E-state index in [1.54, 1.807) is 11.9 Å². The molecule has 1 aliphatic rings. The molecule has 1 unspecified atom stereocenters. The molecule has 1 aromatic rings. The summed E-state index contributed by atoms with van der Waals surface area (Å²) in [4.78, 5) is 13.4. The van der Waals surface area contributed by atoms with E-state index in [2.05, 4.69) is 0 Å². The molecule has 2 rings (SSSR count). The number of carbonyl (C=O) groups excluding carboxylic acids is 1. The zero-order chi connectivity index (χ0) is 12.8. The summed E-state index contributed by atoms with van der Waals surface area (Å²) in [5, 5.41) is 0. The Hall–Kier alpha value is -1.55. The molecule has 0 aliphatic carbocycles. The van der Waals surface area contributed by atoms with Crippen LogP contribution in [0.15, 0.2) is 30.3 Å². The van der Waals surface area contributed by atoms with Gasteiger partial charge >= 0.3 is 6.09 Å². The molecule has 1 aliphatic heterocycles. The van der Waals surface area contributed by atoms with Crippen molar-refractivity contribution in [3.63, 3.8) is 0 Å². The maximum atomic E-state index is 11.8. The first-order valence-electron chi connectivity index (χ1n) is 6.25. The molecule has 0 aromatic heterocycles. The quantitative estimate of drug-likeness (QED) is 0.821. The minimum absolute atomic E-state index is 0.272.